The van der Waals surface area contributed by atoms with Gasteiger partial charge in [-0.2, -0.15) is 0 Å². The topological polar surface area (TPSA) is 78.9 Å². The number of hydrogen-bond acceptors (Lipinski definition) is 6. The molecule has 0 radical (unpaired) electrons. The van der Waals surface area contributed by atoms with Crippen molar-refractivity contribution in [1.82, 2.24) is 0 Å². The van der Waals surface area contributed by atoms with E-state index in [1.807, 2.05) is 0 Å². The van der Waals surface area contributed by atoms with Crippen LogP contribution >= 0.6 is 0 Å². The Labute approximate surface area is 506 Å². The molecule has 6 nitrogen and oxygen atoms in total. The van der Waals surface area contributed by atoms with Crippen LogP contribution in [0.3, 0.4) is 0 Å². The molecular formula is C76H124O6. The summed E-state index contributed by atoms with van der Waals surface area (Å²) in [4.78, 5) is 38.4. The molecule has 0 saturated heterocycles. The minimum absolute atomic E-state index is 0.0985. The van der Waals surface area contributed by atoms with Crippen molar-refractivity contribution in [3.05, 3.63) is 146 Å². The fourth-order valence-electron chi connectivity index (χ4n) is 9.06. The van der Waals surface area contributed by atoms with E-state index in [0.717, 1.165) is 148 Å². The van der Waals surface area contributed by atoms with E-state index in [-0.39, 0.29) is 37.5 Å². The summed E-state index contributed by atoms with van der Waals surface area (Å²) in [6.45, 7) is 6.38. The summed E-state index contributed by atoms with van der Waals surface area (Å²) < 4.78 is 16.9. The number of allylic oxidation sites excluding steroid dienone is 24. The molecule has 0 bridgehead atoms. The van der Waals surface area contributed by atoms with Gasteiger partial charge in [-0.25, -0.2) is 0 Å². The van der Waals surface area contributed by atoms with Crippen LogP contribution in [-0.2, 0) is 28.6 Å². The summed E-state index contributed by atoms with van der Waals surface area (Å²) in [5.41, 5.74) is 0. The molecule has 82 heavy (non-hydrogen) atoms. The van der Waals surface area contributed by atoms with Crippen LogP contribution in [0.1, 0.15) is 297 Å². The number of hydrogen-bond donors (Lipinski definition) is 0. The Morgan fingerprint density at radius 1 is 0.256 bits per heavy atom. The summed E-state index contributed by atoms with van der Waals surface area (Å²) in [6, 6.07) is 0. The van der Waals surface area contributed by atoms with E-state index in [1.54, 1.807) is 0 Å². The first-order valence-electron chi connectivity index (χ1n) is 33.8. The highest BCUT2D eigenvalue weighted by molar-refractivity contribution is 5.71. The van der Waals surface area contributed by atoms with Gasteiger partial charge in [0.25, 0.3) is 0 Å². The van der Waals surface area contributed by atoms with Crippen molar-refractivity contribution in [3.63, 3.8) is 0 Å². The van der Waals surface area contributed by atoms with Gasteiger partial charge >= 0.3 is 17.9 Å². The number of ether oxygens (including phenoxy) is 3. The van der Waals surface area contributed by atoms with E-state index in [0.29, 0.717) is 12.8 Å². The lowest BCUT2D eigenvalue weighted by molar-refractivity contribution is -0.167. The average molecular weight is 1130 g/mol. The van der Waals surface area contributed by atoms with Crippen molar-refractivity contribution in [1.29, 1.82) is 0 Å². The van der Waals surface area contributed by atoms with Crippen LogP contribution < -0.4 is 0 Å². The van der Waals surface area contributed by atoms with E-state index >= 15 is 0 Å². The molecule has 464 valence electrons. The van der Waals surface area contributed by atoms with Crippen LogP contribution in [0.4, 0.5) is 0 Å². The van der Waals surface area contributed by atoms with Gasteiger partial charge in [-0.15, -0.1) is 0 Å². The standard InChI is InChI=1S/C76H124O6/c1-4-7-10-13-16-19-22-25-28-30-32-33-34-35-36-37-38-39-40-41-42-43-45-46-48-51-54-57-60-63-66-69-75(78)81-72-73(71-80-74(77)68-65-62-59-56-53-50-27-24-21-18-15-12-9-6-3)82-76(79)70-67-64-61-58-55-52-49-47-44-31-29-26-23-20-17-14-11-8-5-2/h7-8,10-11,16-17,19-20,24-29,32-33,35-36,38-39,44,47,52,55,73H,4-6,9,12-15,18,21-23,30-31,34,37,40-43,45-46,48-51,53-54,56-72H2,1-3H3/b10-7-,11-8-,19-16-,20-17-,27-24-,28-25-,29-26-,33-32-,36-35-,39-38-,47-44-,55-52-. The van der Waals surface area contributed by atoms with E-state index in [2.05, 4.69) is 167 Å². The van der Waals surface area contributed by atoms with E-state index in [9.17, 15) is 14.4 Å². The summed E-state index contributed by atoms with van der Waals surface area (Å²) >= 11 is 0. The van der Waals surface area contributed by atoms with E-state index in [4.69, 9.17) is 14.2 Å². The Morgan fingerprint density at radius 3 is 0.768 bits per heavy atom. The molecule has 0 aromatic rings. The van der Waals surface area contributed by atoms with Crippen LogP contribution in [0.2, 0.25) is 0 Å². The Kier molecular flexibility index (Phi) is 64.8. The van der Waals surface area contributed by atoms with Gasteiger partial charge in [0, 0.05) is 19.3 Å². The van der Waals surface area contributed by atoms with Crippen molar-refractivity contribution in [2.45, 2.75) is 303 Å². The first-order chi connectivity index (χ1) is 40.5. The first-order valence-corrected chi connectivity index (χ1v) is 33.8. The Morgan fingerprint density at radius 2 is 0.476 bits per heavy atom. The Hall–Kier alpha value is -4.71. The van der Waals surface area contributed by atoms with E-state index < -0.39 is 6.10 Å². The minimum atomic E-state index is -0.806. The molecule has 6 heteroatoms. The number of esters is 3. The molecule has 0 amide bonds. The smallest absolute Gasteiger partial charge is 0.306 e. The second kappa shape index (κ2) is 68.8. The summed E-state index contributed by atoms with van der Waals surface area (Å²) in [5, 5.41) is 0. The number of rotatable bonds is 60. The van der Waals surface area contributed by atoms with E-state index in [1.165, 1.54) is 109 Å². The van der Waals surface area contributed by atoms with Crippen molar-refractivity contribution in [2.75, 3.05) is 13.2 Å². The van der Waals surface area contributed by atoms with Crippen molar-refractivity contribution in [3.8, 4) is 0 Å². The highest BCUT2D eigenvalue weighted by Gasteiger charge is 2.19. The van der Waals surface area contributed by atoms with Crippen LogP contribution in [0.25, 0.3) is 0 Å². The molecule has 0 saturated carbocycles. The molecule has 0 aliphatic heterocycles. The lowest BCUT2D eigenvalue weighted by Gasteiger charge is -2.18. The second-order valence-corrected chi connectivity index (χ2v) is 22.0. The number of carbonyl (C=O) groups excluding carboxylic acids is 3. The zero-order valence-corrected chi connectivity index (χ0v) is 53.2. The third-order valence-electron chi connectivity index (χ3n) is 14.1. The molecule has 0 heterocycles. The largest absolute Gasteiger partial charge is 0.462 e. The van der Waals surface area contributed by atoms with Gasteiger partial charge in [0.15, 0.2) is 6.10 Å². The molecule has 1 unspecified atom stereocenters. The molecular weight excluding hydrogens is 1010 g/mol. The monoisotopic (exact) mass is 1130 g/mol. The average Bonchev–Trinajstić information content (AvgIpc) is 3.47. The molecule has 0 spiro atoms. The quantitative estimate of drug-likeness (QED) is 0.0261. The lowest BCUT2D eigenvalue weighted by atomic mass is 10.0. The van der Waals surface area contributed by atoms with Crippen LogP contribution in [0.5, 0.6) is 0 Å². The van der Waals surface area contributed by atoms with Gasteiger partial charge in [0.2, 0.25) is 0 Å². The first kappa shape index (κ1) is 77.3. The molecule has 0 N–H and O–H groups in total. The SMILES string of the molecule is CC/C=C\C/C=C\C/C=C\C/C=C\C/C=C\C/C=C\CCCCCCCCCCCCCCC(=O)OCC(COC(=O)CCCCCCC/C=C\CCCCCCC)OC(=O)CCCCC/C=C\C/C=C\C/C=C\C/C=C\C/C=C\CC. The van der Waals surface area contributed by atoms with Crippen LogP contribution in [0, 0.1) is 0 Å². The Bertz CT molecular complexity index is 1780. The summed E-state index contributed by atoms with van der Waals surface area (Å²) in [6.07, 6.45) is 98.6. The van der Waals surface area contributed by atoms with Crippen molar-refractivity contribution in [2.24, 2.45) is 0 Å². The fourth-order valence-corrected chi connectivity index (χ4v) is 9.06. The summed E-state index contributed by atoms with van der Waals surface area (Å²) in [5.74, 6) is -0.938. The summed E-state index contributed by atoms with van der Waals surface area (Å²) in [7, 11) is 0. The molecule has 0 aliphatic rings. The van der Waals surface area contributed by atoms with Crippen molar-refractivity contribution < 1.29 is 28.6 Å². The molecule has 0 aromatic carbocycles. The van der Waals surface area contributed by atoms with Crippen LogP contribution in [-0.4, -0.2) is 37.2 Å². The number of unbranched alkanes of at least 4 members (excludes halogenated alkanes) is 25. The highest BCUT2D eigenvalue weighted by atomic mass is 16.6. The van der Waals surface area contributed by atoms with Crippen molar-refractivity contribution >= 4 is 17.9 Å². The lowest BCUT2D eigenvalue weighted by Crippen LogP contribution is -2.30. The predicted octanol–water partition coefficient (Wildman–Crippen LogP) is 23.5. The van der Waals surface area contributed by atoms with Gasteiger partial charge in [-0.1, -0.05) is 282 Å². The van der Waals surface area contributed by atoms with Gasteiger partial charge in [0.05, 0.1) is 0 Å². The molecule has 0 rings (SSSR count). The van der Waals surface area contributed by atoms with Gasteiger partial charge in [0.1, 0.15) is 13.2 Å². The number of carbonyl (C=O) groups is 3. The molecule has 0 aromatic heterocycles. The fraction of sp³-hybridized carbons (Fsp3) is 0.645. The zero-order valence-electron chi connectivity index (χ0n) is 53.2. The molecule has 0 fully saturated rings. The van der Waals surface area contributed by atoms with Gasteiger partial charge in [-0.05, 0) is 141 Å². The molecule has 1 atom stereocenters. The minimum Gasteiger partial charge on any atom is -0.462 e. The highest BCUT2D eigenvalue weighted by Crippen LogP contribution is 2.15. The maximum atomic E-state index is 12.9. The van der Waals surface area contributed by atoms with Gasteiger partial charge < -0.3 is 14.2 Å². The van der Waals surface area contributed by atoms with Crippen LogP contribution in [0.15, 0.2) is 146 Å². The Balaban J connectivity index is 4.34. The molecule has 0 aliphatic carbocycles. The maximum absolute atomic E-state index is 12.9. The predicted molar refractivity (Wildman–Crippen MR) is 357 cm³/mol. The maximum Gasteiger partial charge on any atom is 0.306 e. The second-order valence-electron chi connectivity index (χ2n) is 22.0. The zero-order chi connectivity index (χ0) is 59.2. The third kappa shape index (κ3) is 66.1. The normalized spacial score (nSPS) is 13.1. The third-order valence-corrected chi connectivity index (χ3v) is 14.1. The van der Waals surface area contributed by atoms with Gasteiger partial charge in [-0.3, -0.25) is 14.4 Å².